The molecule has 0 atom stereocenters. The third-order valence-electron chi connectivity index (χ3n) is 5.54. The number of aliphatic imine (C=N–C) groups is 2. The summed E-state index contributed by atoms with van der Waals surface area (Å²) in [6.07, 6.45) is 16.8. The minimum atomic E-state index is 0.313. The van der Waals surface area contributed by atoms with Gasteiger partial charge in [0.2, 0.25) is 0 Å². The molecule has 0 aromatic rings. The molecule has 0 bridgehead atoms. The number of allylic oxidation sites excluding steroid dienone is 6. The Morgan fingerprint density at radius 3 is 2.90 bits per heavy atom. The van der Waals surface area contributed by atoms with Gasteiger partial charge in [0, 0.05) is 0 Å². The predicted octanol–water partition coefficient (Wildman–Crippen LogP) is 4.88. The van der Waals surface area contributed by atoms with E-state index in [-0.39, 0.29) is 0 Å². The third-order valence-corrected chi connectivity index (χ3v) is 5.54. The number of hydrazone groups is 1. The zero-order valence-corrected chi connectivity index (χ0v) is 19.2. The summed E-state index contributed by atoms with van der Waals surface area (Å²) in [5, 5.41) is 6.34. The van der Waals surface area contributed by atoms with Crippen molar-refractivity contribution >= 4 is 31.2 Å². The molecule has 0 spiro atoms. The molecule has 5 nitrogen and oxygen atoms in total. The summed E-state index contributed by atoms with van der Waals surface area (Å²) in [6.45, 7) is 13.6. The van der Waals surface area contributed by atoms with Crippen molar-refractivity contribution in [3.8, 4) is 0 Å². The number of hydrogen-bond donors (Lipinski definition) is 1. The monoisotopic (exact) mass is 405 g/mol. The van der Waals surface area contributed by atoms with Crippen LogP contribution in [0.1, 0.15) is 59.8 Å². The molecule has 0 aromatic heterocycles. The van der Waals surface area contributed by atoms with Crippen molar-refractivity contribution in [2.24, 2.45) is 26.2 Å². The van der Waals surface area contributed by atoms with Gasteiger partial charge in [-0.15, -0.1) is 0 Å². The van der Waals surface area contributed by atoms with Crippen LogP contribution in [0.15, 0.2) is 62.1 Å². The van der Waals surface area contributed by atoms with Gasteiger partial charge in [-0.25, -0.2) is 0 Å². The molecule has 160 valence electrons. The van der Waals surface area contributed by atoms with Crippen molar-refractivity contribution in [1.29, 1.82) is 0 Å². The first-order chi connectivity index (χ1) is 14.4. The van der Waals surface area contributed by atoms with Crippen LogP contribution >= 0.6 is 0 Å². The first-order valence-corrected chi connectivity index (χ1v) is 10.9. The van der Waals surface area contributed by atoms with Crippen molar-refractivity contribution in [3.05, 3.63) is 47.0 Å². The molecule has 0 saturated carbocycles. The van der Waals surface area contributed by atoms with E-state index >= 15 is 0 Å². The molecule has 0 unspecified atom stereocenters. The second-order valence-electron chi connectivity index (χ2n) is 8.43. The van der Waals surface area contributed by atoms with Crippen LogP contribution in [-0.4, -0.2) is 42.7 Å². The van der Waals surface area contributed by atoms with E-state index < -0.39 is 0 Å². The Morgan fingerprint density at radius 2 is 2.17 bits per heavy atom. The van der Waals surface area contributed by atoms with E-state index in [4.69, 9.17) is 5.73 Å². The summed E-state index contributed by atoms with van der Waals surface area (Å²) in [5.41, 5.74) is 10.6. The fourth-order valence-electron chi connectivity index (χ4n) is 3.01. The average molecular weight is 405 g/mol. The normalized spacial score (nSPS) is 17.8. The maximum absolute atomic E-state index is 6.49. The molecule has 2 aliphatic rings. The third kappa shape index (κ3) is 7.40. The number of rotatable bonds is 9. The molecule has 2 N–H and O–H groups in total. The predicted molar refractivity (Wildman–Crippen MR) is 134 cm³/mol. The first-order valence-electron chi connectivity index (χ1n) is 10.9. The zero-order chi connectivity index (χ0) is 22.0. The number of amidine groups is 1. The topological polar surface area (TPSA) is 66.3 Å². The molecule has 0 aromatic carbocycles. The van der Waals surface area contributed by atoms with Crippen molar-refractivity contribution in [2.45, 2.75) is 66.6 Å². The summed E-state index contributed by atoms with van der Waals surface area (Å²) in [6, 6.07) is 0. The molecule has 2 aliphatic heterocycles. The van der Waals surface area contributed by atoms with E-state index in [1.165, 1.54) is 0 Å². The summed E-state index contributed by atoms with van der Waals surface area (Å²) < 4.78 is 0. The minimum absolute atomic E-state index is 0.313. The van der Waals surface area contributed by atoms with Gasteiger partial charge in [0.05, 0.1) is 0 Å². The van der Waals surface area contributed by atoms with E-state index in [0.29, 0.717) is 5.41 Å². The van der Waals surface area contributed by atoms with Crippen molar-refractivity contribution in [2.75, 3.05) is 6.54 Å². The van der Waals surface area contributed by atoms with Gasteiger partial charge < -0.3 is 0 Å². The maximum atomic E-state index is 6.49. The second-order valence-corrected chi connectivity index (χ2v) is 8.43. The van der Waals surface area contributed by atoms with Crippen molar-refractivity contribution < 1.29 is 0 Å². The van der Waals surface area contributed by atoms with Crippen LogP contribution in [0.4, 0.5) is 0 Å². The molecule has 0 saturated heterocycles. The van der Waals surface area contributed by atoms with Gasteiger partial charge in [0.25, 0.3) is 0 Å². The SMILES string of the molecule is CB=CCCC(N)=C(C=NC(C)=NCCC(C)(C)CC)C1=CN2N=CCC=C2C=C1. The van der Waals surface area contributed by atoms with Crippen LogP contribution in [-0.2, 0) is 0 Å². The van der Waals surface area contributed by atoms with Gasteiger partial charge in [0.15, 0.2) is 0 Å². The van der Waals surface area contributed by atoms with Crippen molar-refractivity contribution in [3.63, 3.8) is 0 Å². The zero-order valence-electron chi connectivity index (χ0n) is 19.2. The van der Waals surface area contributed by atoms with E-state index in [0.717, 1.165) is 67.0 Å². The molecule has 0 amide bonds. The Morgan fingerprint density at radius 1 is 1.37 bits per heavy atom. The van der Waals surface area contributed by atoms with E-state index in [1.54, 1.807) is 0 Å². The summed E-state index contributed by atoms with van der Waals surface area (Å²) in [7, 11) is 0. The number of fused-ring (bicyclic) bond motifs is 1. The van der Waals surface area contributed by atoms with Gasteiger partial charge in [-0.3, -0.25) is 0 Å². The fraction of sp³-hybridized carbons (Fsp3) is 0.500. The Hall–Kier alpha value is -2.50. The standard InChI is InChI=1S/C24H36BN5/c1-6-24(3,4)13-16-27-19(2)28-17-22(23(26)10-7-14-25-5)20-11-12-21-9-8-15-29-30(21)18-20/h9,11-12,14-15,17-18H,6-8,10,13,16,26H2,1-5H3. The van der Waals surface area contributed by atoms with Gasteiger partial charge in [-0.05, 0) is 0 Å². The Balaban J connectivity index is 2.21. The number of nitrogens with two attached hydrogens (primary N) is 1. The molecule has 2 rings (SSSR count). The number of nitrogens with zero attached hydrogens (tertiary/aromatic N) is 4. The van der Waals surface area contributed by atoms with Gasteiger partial charge in [-0.2, -0.15) is 0 Å². The van der Waals surface area contributed by atoms with Crippen LogP contribution in [0, 0.1) is 5.41 Å². The van der Waals surface area contributed by atoms with E-state index in [2.05, 4.69) is 67.0 Å². The Bertz CT molecular complexity index is 838. The average Bonchev–Trinajstić information content (AvgIpc) is 2.74. The quantitative estimate of drug-likeness (QED) is 0.338. The first kappa shape index (κ1) is 23.8. The van der Waals surface area contributed by atoms with Crippen LogP contribution in [0.3, 0.4) is 0 Å². The molecule has 6 heteroatoms. The van der Waals surface area contributed by atoms with Gasteiger partial charge >= 0.3 is 155 Å². The molecule has 30 heavy (non-hydrogen) atoms. The van der Waals surface area contributed by atoms with Crippen LogP contribution in [0.5, 0.6) is 0 Å². The van der Waals surface area contributed by atoms with Crippen LogP contribution in [0.25, 0.3) is 0 Å². The molecule has 0 fully saturated rings. The molecule has 2 heterocycles. The second kappa shape index (κ2) is 11.6. The summed E-state index contributed by atoms with van der Waals surface area (Å²) in [4.78, 5) is 9.26. The fourth-order valence-corrected chi connectivity index (χ4v) is 3.01. The molecule has 0 aliphatic carbocycles. The Labute approximate surface area is 182 Å². The van der Waals surface area contributed by atoms with Crippen LogP contribution in [0.2, 0.25) is 6.82 Å². The van der Waals surface area contributed by atoms with E-state index in [1.807, 2.05) is 37.4 Å². The summed E-state index contributed by atoms with van der Waals surface area (Å²) >= 11 is 0. The van der Waals surface area contributed by atoms with E-state index in [9.17, 15) is 0 Å². The molecular weight excluding hydrogens is 369 g/mol. The summed E-state index contributed by atoms with van der Waals surface area (Å²) in [5.74, 6) is 2.91. The Kier molecular flexibility index (Phi) is 9.22. The molecule has 0 radical (unpaired) electrons. The van der Waals surface area contributed by atoms with Crippen LogP contribution < -0.4 is 5.73 Å². The van der Waals surface area contributed by atoms with Gasteiger partial charge in [0.1, 0.15) is 0 Å². The van der Waals surface area contributed by atoms with Gasteiger partial charge in [-0.1, -0.05) is 27.2 Å². The number of hydrogen-bond acceptors (Lipinski definition) is 4. The van der Waals surface area contributed by atoms with Crippen molar-refractivity contribution in [1.82, 2.24) is 5.01 Å². The molecular formula is C24H36BN5.